The Morgan fingerprint density at radius 2 is 1.96 bits per heavy atom. The molecule has 23 heavy (non-hydrogen) atoms. The monoisotopic (exact) mass is 321 g/mol. The fourth-order valence-electron chi connectivity index (χ4n) is 1.97. The Morgan fingerprint density at radius 1 is 1.22 bits per heavy atom. The zero-order valence-corrected chi connectivity index (χ0v) is 12.1. The van der Waals surface area contributed by atoms with Crippen molar-refractivity contribution in [2.24, 2.45) is 0 Å². The molecule has 0 spiro atoms. The van der Waals surface area contributed by atoms with Crippen molar-refractivity contribution in [1.82, 2.24) is 0 Å². The van der Waals surface area contributed by atoms with Gasteiger partial charge in [-0.05, 0) is 25.1 Å². The number of anilines is 2. The predicted octanol–water partition coefficient (Wildman–Crippen LogP) is 3.23. The summed E-state index contributed by atoms with van der Waals surface area (Å²) in [7, 11) is 0. The SMILES string of the molecule is Cc1c(NCC(=O)Nc2ccc(F)c(F)c2)cccc1[N+](=O)[O-]. The predicted molar refractivity (Wildman–Crippen MR) is 81.3 cm³/mol. The number of hydrogen-bond donors (Lipinski definition) is 2. The van der Waals surface area contributed by atoms with Gasteiger partial charge in [-0.25, -0.2) is 8.78 Å². The van der Waals surface area contributed by atoms with Gasteiger partial charge < -0.3 is 10.6 Å². The molecule has 0 unspecified atom stereocenters. The Bertz CT molecular complexity index is 766. The van der Waals surface area contributed by atoms with Crippen LogP contribution >= 0.6 is 0 Å². The molecule has 0 saturated heterocycles. The summed E-state index contributed by atoms with van der Waals surface area (Å²) >= 11 is 0. The van der Waals surface area contributed by atoms with E-state index in [4.69, 9.17) is 0 Å². The molecule has 0 aliphatic carbocycles. The topological polar surface area (TPSA) is 84.3 Å². The van der Waals surface area contributed by atoms with Gasteiger partial charge in [-0.3, -0.25) is 14.9 Å². The third-order valence-corrected chi connectivity index (χ3v) is 3.14. The maximum absolute atomic E-state index is 13.0. The fourth-order valence-corrected chi connectivity index (χ4v) is 1.97. The van der Waals surface area contributed by atoms with Crippen molar-refractivity contribution in [3.05, 3.63) is 63.7 Å². The summed E-state index contributed by atoms with van der Waals surface area (Å²) in [5.74, 6) is -2.57. The summed E-state index contributed by atoms with van der Waals surface area (Å²) in [5.41, 5.74) is 0.903. The zero-order chi connectivity index (χ0) is 17.0. The molecule has 0 bridgehead atoms. The first-order valence-corrected chi connectivity index (χ1v) is 6.61. The van der Waals surface area contributed by atoms with Gasteiger partial charge in [-0.15, -0.1) is 0 Å². The minimum Gasteiger partial charge on any atom is -0.376 e. The third kappa shape index (κ3) is 4.00. The Hall–Kier alpha value is -3.03. The van der Waals surface area contributed by atoms with Crippen LogP contribution in [0.3, 0.4) is 0 Å². The van der Waals surface area contributed by atoms with Crippen molar-refractivity contribution in [3.8, 4) is 0 Å². The van der Waals surface area contributed by atoms with E-state index in [-0.39, 0.29) is 17.9 Å². The molecule has 0 atom stereocenters. The molecule has 0 aromatic heterocycles. The number of nitro benzene ring substituents is 1. The standard InChI is InChI=1S/C15H13F2N3O3/c1-9-13(3-2-4-14(9)20(22)23)18-8-15(21)19-10-5-6-11(16)12(17)7-10/h2-7,18H,8H2,1H3,(H,19,21). The van der Waals surface area contributed by atoms with Crippen LogP contribution in [0.25, 0.3) is 0 Å². The highest BCUT2D eigenvalue weighted by atomic mass is 19.2. The molecule has 1 amide bonds. The minimum absolute atomic E-state index is 0.0592. The van der Waals surface area contributed by atoms with Crippen molar-refractivity contribution < 1.29 is 18.5 Å². The first kappa shape index (κ1) is 16.3. The normalized spacial score (nSPS) is 10.2. The van der Waals surface area contributed by atoms with Crippen LogP contribution in [0.4, 0.5) is 25.8 Å². The van der Waals surface area contributed by atoms with Gasteiger partial charge in [-0.1, -0.05) is 6.07 Å². The largest absolute Gasteiger partial charge is 0.376 e. The highest BCUT2D eigenvalue weighted by Gasteiger charge is 2.13. The maximum Gasteiger partial charge on any atom is 0.274 e. The van der Waals surface area contributed by atoms with Crippen molar-refractivity contribution in [1.29, 1.82) is 0 Å². The molecule has 2 aromatic rings. The number of nitrogens with one attached hydrogen (secondary N) is 2. The maximum atomic E-state index is 13.0. The van der Waals surface area contributed by atoms with Crippen LogP contribution < -0.4 is 10.6 Å². The van der Waals surface area contributed by atoms with Gasteiger partial charge in [0.1, 0.15) is 0 Å². The number of halogens is 2. The Labute approximate surface area is 130 Å². The molecular weight excluding hydrogens is 308 g/mol. The second-order valence-electron chi connectivity index (χ2n) is 4.74. The molecule has 0 aliphatic rings. The highest BCUT2D eigenvalue weighted by Crippen LogP contribution is 2.24. The van der Waals surface area contributed by atoms with Crippen LogP contribution in [0.15, 0.2) is 36.4 Å². The Morgan fingerprint density at radius 3 is 2.61 bits per heavy atom. The summed E-state index contributed by atoms with van der Waals surface area (Å²) in [6.45, 7) is 1.38. The first-order valence-electron chi connectivity index (χ1n) is 6.61. The van der Waals surface area contributed by atoms with E-state index < -0.39 is 22.5 Å². The lowest BCUT2D eigenvalue weighted by Gasteiger charge is -2.10. The van der Waals surface area contributed by atoms with Crippen LogP contribution in [-0.4, -0.2) is 17.4 Å². The van der Waals surface area contributed by atoms with Crippen LogP contribution in [-0.2, 0) is 4.79 Å². The second-order valence-corrected chi connectivity index (χ2v) is 4.74. The number of carbonyl (C=O) groups excluding carboxylic acids is 1. The summed E-state index contributed by atoms with van der Waals surface area (Å²) in [5, 5.41) is 16.0. The smallest absolute Gasteiger partial charge is 0.274 e. The molecule has 2 aromatic carbocycles. The van der Waals surface area contributed by atoms with E-state index in [0.717, 1.165) is 12.1 Å². The summed E-state index contributed by atoms with van der Waals surface area (Å²) < 4.78 is 25.8. The van der Waals surface area contributed by atoms with Gasteiger partial charge in [0.2, 0.25) is 5.91 Å². The van der Waals surface area contributed by atoms with Crippen molar-refractivity contribution in [2.75, 3.05) is 17.2 Å². The molecule has 0 aliphatic heterocycles. The number of carbonyl (C=O) groups is 1. The molecule has 6 nitrogen and oxygen atoms in total. The van der Waals surface area contributed by atoms with E-state index in [2.05, 4.69) is 10.6 Å². The molecule has 8 heteroatoms. The van der Waals surface area contributed by atoms with E-state index in [1.807, 2.05) is 0 Å². The molecule has 120 valence electrons. The van der Waals surface area contributed by atoms with Gasteiger partial charge >= 0.3 is 0 Å². The number of benzene rings is 2. The summed E-state index contributed by atoms with van der Waals surface area (Å²) in [4.78, 5) is 22.1. The Kier molecular flexibility index (Phi) is 4.85. The van der Waals surface area contributed by atoms with E-state index >= 15 is 0 Å². The second kappa shape index (κ2) is 6.82. The third-order valence-electron chi connectivity index (χ3n) is 3.14. The molecule has 0 heterocycles. The lowest BCUT2D eigenvalue weighted by atomic mass is 10.1. The first-order chi connectivity index (χ1) is 10.9. The minimum atomic E-state index is -1.06. The van der Waals surface area contributed by atoms with Gasteiger partial charge in [0, 0.05) is 29.1 Å². The number of amides is 1. The van der Waals surface area contributed by atoms with E-state index in [1.54, 1.807) is 13.0 Å². The van der Waals surface area contributed by atoms with Gasteiger partial charge in [-0.2, -0.15) is 0 Å². The Balaban J connectivity index is 2.00. The van der Waals surface area contributed by atoms with Crippen molar-refractivity contribution in [2.45, 2.75) is 6.92 Å². The van der Waals surface area contributed by atoms with Crippen LogP contribution in [0.1, 0.15) is 5.56 Å². The number of nitro groups is 1. The van der Waals surface area contributed by atoms with E-state index in [9.17, 15) is 23.7 Å². The summed E-state index contributed by atoms with van der Waals surface area (Å²) in [6, 6.07) is 7.47. The zero-order valence-electron chi connectivity index (χ0n) is 12.1. The van der Waals surface area contributed by atoms with Crippen LogP contribution in [0.2, 0.25) is 0 Å². The lowest BCUT2D eigenvalue weighted by Crippen LogP contribution is -2.22. The number of nitrogens with zero attached hydrogens (tertiary/aromatic N) is 1. The molecular formula is C15H13F2N3O3. The van der Waals surface area contributed by atoms with Gasteiger partial charge in [0.25, 0.3) is 5.69 Å². The average molecular weight is 321 g/mol. The number of hydrogen-bond acceptors (Lipinski definition) is 4. The van der Waals surface area contributed by atoms with Crippen molar-refractivity contribution >= 4 is 23.0 Å². The highest BCUT2D eigenvalue weighted by molar-refractivity contribution is 5.93. The van der Waals surface area contributed by atoms with E-state index in [1.165, 1.54) is 18.2 Å². The van der Waals surface area contributed by atoms with Gasteiger partial charge in [0.15, 0.2) is 11.6 Å². The van der Waals surface area contributed by atoms with Crippen LogP contribution in [0, 0.1) is 28.7 Å². The van der Waals surface area contributed by atoms with Crippen molar-refractivity contribution in [3.63, 3.8) is 0 Å². The summed E-state index contributed by atoms with van der Waals surface area (Å²) in [6.07, 6.45) is 0. The molecule has 2 rings (SSSR count). The fraction of sp³-hybridized carbons (Fsp3) is 0.133. The molecule has 0 fully saturated rings. The lowest BCUT2D eigenvalue weighted by molar-refractivity contribution is -0.385. The number of rotatable bonds is 5. The molecule has 0 saturated carbocycles. The van der Waals surface area contributed by atoms with E-state index in [0.29, 0.717) is 11.3 Å². The average Bonchev–Trinajstić information content (AvgIpc) is 2.49. The molecule has 2 N–H and O–H groups in total. The van der Waals surface area contributed by atoms with Crippen LogP contribution in [0.5, 0.6) is 0 Å². The molecule has 0 radical (unpaired) electrons. The van der Waals surface area contributed by atoms with Gasteiger partial charge in [0.05, 0.1) is 11.5 Å². The quantitative estimate of drug-likeness (QED) is 0.654.